The van der Waals surface area contributed by atoms with Crippen LogP contribution in [0.5, 0.6) is 0 Å². The molecule has 0 saturated carbocycles. The number of benzene rings is 2. The second-order valence-corrected chi connectivity index (χ2v) is 4.28. The molecule has 0 amide bonds. The number of hydrogen-bond donors (Lipinski definition) is 3. The minimum atomic E-state index is -1.18. The van der Waals surface area contributed by atoms with Crippen LogP contribution in [0.2, 0.25) is 0 Å². The lowest BCUT2D eigenvalue weighted by molar-refractivity contribution is 0.0696. The Hall–Kier alpha value is -2.82. The number of hydrogen-bond acceptors (Lipinski definition) is 3. The standard InChI is InChI=1S/C15H13NO4/c1-9-5-2-3-8-12(9)16-13-10(14(17)18)6-4-7-11(13)15(19)20/h2-8,16H,1H3,(H,17,18)(H,19,20). The molecule has 3 N–H and O–H groups in total. The summed E-state index contributed by atoms with van der Waals surface area (Å²) in [6, 6.07) is 11.4. The highest BCUT2D eigenvalue weighted by molar-refractivity contribution is 6.04. The van der Waals surface area contributed by atoms with E-state index < -0.39 is 11.9 Å². The number of anilines is 2. The van der Waals surface area contributed by atoms with Crippen molar-refractivity contribution in [3.63, 3.8) is 0 Å². The predicted octanol–water partition coefficient (Wildman–Crippen LogP) is 3.14. The number of nitrogens with one attached hydrogen (secondary N) is 1. The maximum Gasteiger partial charge on any atom is 0.337 e. The Morgan fingerprint density at radius 1 is 0.900 bits per heavy atom. The first-order valence-electron chi connectivity index (χ1n) is 5.93. The summed E-state index contributed by atoms with van der Waals surface area (Å²) in [6.45, 7) is 1.85. The van der Waals surface area contributed by atoms with Gasteiger partial charge in [-0.3, -0.25) is 0 Å². The second-order valence-electron chi connectivity index (χ2n) is 4.28. The molecule has 0 spiro atoms. The van der Waals surface area contributed by atoms with Crippen LogP contribution in [-0.2, 0) is 0 Å². The molecule has 2 aromatic carbocycles. The van der Waals surface area contributed by atoms with Gasteiger partial charge < -0.3 is 15.5 Å². The van der Waals surface area contributed by atoms with Crippen LogP contribution in [0.3, 0.4) is 0 Å². The molecule has 20 heavy (non-hydrogen) atoms. The Bertz CT molecular complexity index is 647. The predicted molar refractivity (Wildman–Crippen MR) is 74.8 cm³/mol. The van der Waals surface area contributed by atoms with Crippen LogP contribution in [-0.4, -0.2) is 22.2 Å². The SMILES string of the molecule is Cc1ccccc1Nc1c(C(=O)O)cccc1C(=O)O. The summed E-state index contributed by atoms with van der Waals surface area (Å²) < 4.78 is 0. The lowest BCUT2D eigenvalue weighted by Crippen LogP contribution is -2.09. The third-order valence-corrected chi connectivity index (χ3v) is 2.93. The van der Waals surface area contributed by atoms with E-state index in [-0.39, 0.29) is 16.8 Å². The highest BCUT2D eigenvalue weighted by Crippen LogP contribution is 2.27. The van der Waals surface area contributed by atoms with Crippen LogP contribution < -0.4 is 5.32 Å². The number of para-hydroxylation sites is 2. The van der Waals surface area contributed by atoms with E-state index in [1.54, 1.807) is 12.1 Å². The van der Waals surface area contributed by atoms with Gasteiger partial charge in [0, 0.05) is 5.69 Å². The average Bonchev–Trinajstić information content (AvgIpc) is 2.41. The molecule has 0 aliphatic rings. The fourth-order valence-electron chi connectivity index (χ4n) is 1.89. The van der Waals surface area contributed by atoms with Gasteiger partial charge in [-0.25, -0.2) is 9.59 Å². The molecule has 0 aliphatic carbocycles. The number of rotatable bonds is 4. The first-order valence-corrected chi connectivity index (χ1v) is 5.93. The van der Waals surface area contributed by atoms with Crippen LogP contribution in [0.4, 0.5) is 11.4 Å². The van der Waals surface area contributed by atoms with E-state index in [1.165, 1.54) is 18.2 Å². The topological polar surface area (TPSA) is 86.6 Å². The smallest absolute Gasteiger partial charge is 0.337 e. The maximum atomic E-state index is 11.2. The fourth-order valence-corrected chi connectivity index (χ4v) is 1.89. The molecule has 2 rings (SSSR count). The Morgan fingerprint density at radius 3 is 1.95 bits per heavy atom. The summed E-state index contributed by atoms with van der Waals surface area (Å²) >= 11 is 0. The van der Waals surface area contributed by atoms with Gasteiger partial charge in [-0.1, -0.05) is 24.3 Å². The van der Waals surface area contributed by atoms with Gasteiger partial charge in [-0.2, -0.15) is 0 Å². The summed E-state index contributed by atoms with van der Waals surface area (Å²) in [7, 11) is 0. The summed E-state index contributed by atoms with van der Waals surface area (Å²) in [5.74, 6) is -2.35. The quantitative estimate of drug-likeness (QED) is 0.795. The molecule has 0 radical (unpaired) electrons. The van der Waals surface area contributed by atoms with Gasteiger partial charge in [0.15, 0.2) is 0 Å². The van der Waals surface area contributed by atoms with Crippen molar-refractivity contribution in [2.45, 2.75) is 6.92 Å². The molecular formula is C15H13NO4. The van der Waals surface area contributed by atoms with E-state index in [0.717, 1.165) is 5.56 Å². The van der Waals surface area contributed by atoms with E-state index >= 15 is 0 Å². The highest BCUT2D eigenvalue weighted by atomic mass is 16.4. The number of aromatic carboxylic acids is 2. The van der Waals surface area contributed by atoms with Gasteiger partial charge in [-0.05, 0) is 30.7 Å². The lowest BCUT2D eigenvalue weighted by Gasteiger charge is -2.14. The molecule has 5 heteroatoms. The summed E-state index contributed by atoms with van der Waals surface area (Å²) in [4.78, 5) is 22.5. The average molecular weight is 271 g/mol. The van der Waals surface area contributed by atoms with Crippen molar-refractivity contribution >= 4 is 23.3 Å². The van der Waals surface area contributed by atoms with Gasteiger partial charge in [-0.15, -0.1) is 0 Å². The Morgan fingerprint density at radius 2 is 1.45 bits per heavy atom. The Labute approximate surface area is 115 Å². The molecule has 0 heterocycles. The normalized spacial score (nSPS) is 10.1. The first kappa shape index (κ1) is 13.6. The van der Waals surface area contributed by atoms with Crippen molar-refractivity contribution in [2.75, 3.05) is 5.32 Å². The molecule has 0 atom stereocenters. The molecule has 0 aromatic heterocycles. The van der Waals surface area contributed by atoms with Crippen molar-refractivity contribution in [2.24, 2.45) is 0 Å². The van der Waals surface area contributed by atoms with Gasteiger partial charge >= 0.3 is 11.9 Å². The van der Waals surface area contributed by atoms with Crippen molar-refractivity contribution in [3.8, 4) is 0 Å². The summed E-state index contributed by atoms with van der Waals surface area (Å²) in [5, 5.41) is 21.3. The summed E-state index contributed by atoms with van der Waals surface area (Å²) in [5.41, 5.74) is 1.50. The third-order valence-electron chi connectivity index (χ3n) is 2.93. The van der Waals surface area contributed by atoms with E-state index in [9.17, 15) is 19.8 Å². The number of aryl methyl sites for hydroxylation is 1. The Kier molecular flexibility index (Phi) is 3.70. The highest BCUT2D eigenvalue weighted by Gasteiger charge is 2.18. The lowest BCUT2D eigenvalue weighted by atomic mass is 10.1. The van der Waals surface area contributed by atoms with E-state index in [1.807, 2.05) is 19.1 Å². The number of carboxylic acid groups (broad SMARTS) is 2. The molecular weight excluding hydrogens is 258 g/mol. The van der Waals surface area contributed by atoms with Crippen molar-refractivity contribution in [1.29, 1.82) is 0 Å². The third kappa shape index (κ3) is 2.61. The van der Waals surface area contributed by atoms with Crippen LogP contribution in [0.25, 0.3) is 0 Å². The molecule has 5 nitrogen and oxygen atoms in total. The molecule has 0 aliphatic heterocycles. The van der Waals surface area contributed by atoms with Crippen LogP contribution in [0, 0.1) is 6.92 Å². The minimum Gasteiger partial charge on any atom is -0.478 e. The van der Waals surface area contributed by atoms with Crippen LogP contribution >= 0.6 is 0 Å². The summed E-state index contributed by atoms with van der Waals surface area (Å²) in [6.07, 6.45) is 0. The maximum absolute atomic E-state index is 11.2. The van der Waals surface area contributed by atoms with E-state index in [0.29, 0.717) is 5.69 Å². The van der Waals surface area contributed by atoms with Crippen molar-refractivity contribution in [1.82, 2.24) is 0 Å². The van der Waals surface area contributed by atoms with E-state index in [4.69, 9.17) is 0 Å². The van der Waals surface area contributed by atoms with Crippen molar-refractivity contribution in [3.05, 3.63) is 59.2 Å². The van der Waals surface area contributed by atoms with E-state index in [2.05, 4.69) is 5.32 Å². The van der Waals surface area contributed by atoms with Crippen LogP contribution in [0.15, 0.2) is 42.5 Å². The molecule has 0 saturated heterocycles. The molecule has 0 fully saturated rings. The van der Waals surface area contributed by atoms with Crippen molar-refractivity contribution < 1.29 is 19.8 Å². The van der Waals surface area contributed by atoms with Gasteiger partial charge in [0.1, 0.15) is 0 Å². The minimum absolute atomic E-state index is 0.0758. The zero-order valence-electron chi connectivity index (χ0n) is 10.8. The molecule has 0 bridgehead atoms. The fraction of sp³-hybridized carbons (Fsp3) is 0.0667. The zero-order valence-corrected chi connectivity index (χ0v) is 10.8. The second kappa shape index (κ2) is 5.44. The Balaban J connectivity index is 2.57. The zero-order chi connectivity index (χ0) is 14.7. The van der Waals surface area contributed by atoms with Gasteiger partial charge in [0.05, 0.1) is 16.8 Å². The van der Waals surface area contributed by atoms with Gasteiger partial charge in [0.25, 0.3) is 0 Å². The number of carbonyl (C=O) groups is 2. The monoisotopic (exact) mass is 271 g/mol. The van der Waals surface area contributed by atoms with Gasteiger partial charge in [0.2, 0.25) is 0 Å². The first-order chi connectivity index (χ1) is 9.50. The molecule has 102 valence electrons. The molecule has 0 unspecified atom stereocenters. The van der Waals surface area contributed by atoms with Crippen LogP contribution in [0.1, 0.15) is 26.3 Å². The largest absolute Gasteiger partial charge is 0.478 e. The molecule has 2 aromatic rings. The number of carboxylic acids is 2.